The van der Waals surface area contributed by atoms with Crippen molar-refractivity contribution in [2.24, 2.45) is 0 Å². The molecule has 0 saturated heterocycles. The fraction of sp³-hybridized carbons (Fsp3) is 0.0244. The molecular formula is C41H33N. The Balaban J connectivity index is 1.41. The van der Waals surface area contributed by atoms with Crippen molar-refractivity contribution in [3.05, 3.63) is 204 Å². The average molecular weight is 540 g/mol. The number of para-hydroxylation sites is 1. The van der Waals surface area contributed by atoms with Crippen LogP contribution >= 0.6 is 0 Å². The van der Waals surface area contributed by atoms with Gasteiger partial charge in [0.2, 0.25) is 0 Å². The first kappa shape index (κ1) is 26.8. The lowest BCUT2D eigenvalue weighted by Crippen LogP contribution is -2.18. The SMILES string of the molecule is C=C1/C=C\C=C/CN(c2ccc(C=C(c3ccccc3)c3ccccc3)cc2)c2ccccc2/C1=C/c1ccccc1. The highest BCUT2D eigenvalue weighted by molar-refractivity contribution is 5.97. The molecule has 6 rings (SSSR count). The number of nitrogens with zero attached hydrogens (tertiary/aromatic N) is 1. The molecule has 0 N–H and O–H groups in total. The van der Waals surface area contributed by atoms with Gasteiger partial charge in [-0.05, 0) is 69.3 Å². The first-order valence-electron chi connectivity index (χ1n) is 14.3. The van der Waals surface area contributed by atoms with Gasteiger partial charge in [-0.15, -0.1) is 0 Å². The molecule has 0 atom stereocenters. The molecule has 5 aromatic carbocycles. The molecule has 1 nitrogen and oxygen atoms in total. The van der Waals surface area contributed by atoms with E-state index in [0.29, 0.717) is 0 Å². The summed E-state index contributed by atoms with van der Waals surface area (Å²) in [6, 6.07) is 49.2. The summed E-state index contributed by atoms with van der Waals surface area (Å²) in [4.78, 5) is 2.37. The lowest BCUT2D eigenvalue weighted by molar-refractivity contribution is 1.09. The molecule has 0 fully saturated rings. The molecule has 202 valence electrons. The van der Waals surface area contributed by atoms with Crippen LogP contribution in [0.15, 0.2) is 176 Å². The number of fused-ring (bicyclic) bond motifs is 1. The first-order valence-corrected chi connectivity index (χ1v) is 14.3. The summed E-state index contributed by atoms with van der Waals surface area (Å²) in [5.74, 6) is 0. The van der Waals surface area contributed by atoms with Crippen molar-refractivity contribution < 1.29 is 0 Å². The van der Waals surface area contributed by atoms with Crippen LogP contribution < -0.4 is 4.90 Å². The van der Waals surface area contributed by atoms with Crippen molar-refractivity contribution in [2.75, 3.05) is 11.4 Å². The highest BCUT2D eigenvalue weighted by Gasteiger charge is 2.17. The van der Waals surface area contributed by atoms with Gasteiger partial charge in [-0.2, -0.15) is 0 Å². The van der Waals surface area contributed by atoms with Gasteiger partial charge in [-0.25, -0.2) is 0 Å². The second-order valence-electron chi connectivity index (χ2n) is 10.3. The summed E-state index contributed by atoms with van der Waals surface area (Å²) in [6.45, 7) is 5.19. The summed E-state index contributed by atoms with van der Waals surface area (Å²) >= 11 is 0. The summed E-state index contributed by atoms with van der Waals surface area (Å²) in [5, 5.41) is 0. The molecule has 0 aliphatic carbocycles. The zero-order chi connectivity index (χ0) is 28.6. The minimum Gasteiger partial charge on any atom is -0.337 e. The third kappa shape index (κ3) is 6.16. The van der Waals surface area contributed by atoms with Gasteiger partial charge in [-0.3, -0.25) is 0 Å². The van der Waals surface area contributed by atoms with Crippen molar-refractivity contribution in [1.29, 1.82) is 0 Å². The van der Waals surface area contributed by atoms with Crippen LogP contribution in [0.25, 0.3) is 23.3 Å². The molecule has 0 bridgehead atoms. The van der Waals surface area contributed by atoms with E-state index in [4.69, 9.17) is 0 Å². The molecular weight excluding hydrogens is 506 g/mol. The number of allylic oxidation sites excluding steroid dienone is 5. The molecule has 1 heteroatoms. The van der Waals surface area contributed by atoms with E-state index in [1.165, 1.54) is 16.7 Å². The van der Waals surface area contributed by atoms with Gasteiger partial charge in [0.1, 0.15) is 0 Å². The smallest absolute Gasteiger partial charge is 0.0493 e. The van der Waals surface area contributed by atoms with Crippen LogP contribution in [0.2, 0.25) is 0 Å². The predicted molar refractivity (Wildman–Crippen MR) is 181 cm³/mol. The lowest BCUT2D eigenvalue weighted by atomic mass is 9.93. The average Bonchev–Trinajstić information content (AvgIpc) is 3.06. The summed E-state index contributed by atoms with van der Waals surface area (Å²) < 4.78 is 0. The molecule has 0 radical (unpaired) electrons. The molecule has 1 aliphatic rings. The van der Waals surface area contributed by atoms with Crippen molar-refractivity contribution in [1.82, 2.24) is 0 Å². The van der Waals surface area contributed by atoms with Crippen molar-refractivity contribution in [2.45, 2.75) is 0 Å². The summed E-state index contributed by atoms with van der Waals surface area (Å²) in [7, 11) is 0. The maximum atomic E-state index is 4.44. The molecule has 0 amide bonds. The van der Waals surface area contributed by atoms with E-state index in [1.807, 2.05) is 6.07 Å². The summed E-state index contributed by atoms with van der Waals surface area (Å²) in [5.41, 5.74) is 11.5. The maximum Gasteiger partial charge on any atom is 0.0493 e. The van der Waals surface area contributed by atoms with Crippen LogP contribution in [0, 0.1) is 0 Å². The van der Waals surface area contributed by atoms with Gasteiger partial charge in [0.15, 0.2) is 0 Å². The Morgan fingerprint density at radius 3 is 1.86 bits per heavy atom. The van der Waals surface area contributed by atoms with Crippen molar-refractivity contribution in [3.63, 3.8) is 0 Å². The number of hydrogen-bond donors (Lipinski definition) is 0. The Bertz CT molecular complexity index is 1730. The Morgan fingerprint density at radius 1 is 0.595 bits per heavy atom. The minimum absolute atomic E-state index is 0.751. The van der Waals surface area contributed by atoms with Crippen LogP contribution in [0.1, 0.15) is 27.8 Å². The number of anilines is 2. The third-order valence-corrected chi connectivity index (χ3v) is 7.46. The van der Waals surface area contributed by atoms with Gasteiger partial charge in [0.05, 0.1) is 0 Å². The van der Waals surface area contributed by atoms with Crippen molar-refractivity contribution >= 4 is 34.7 Å². The van der Waals surface area contributed by atoms with E-state index < -0.39 is 0 Å². The van der Waals surface area contributed by atoms with Crippen LogP contribution in [-0.2, 0) is 0 Å². The van der Waals surface area contributed by atoms with Crippen LogP contribution in [0.3, 0.4) is 0 Å². The molecule has 0 saturated carbocycles. The van der Waals surface area contributed by atoms with E-state index in [1.54, 1.807) is 0 Å². The summed E-state index contributed by atoms with van der Waals surface area (Å²) in [6.07, 6.45) is 13.0. The normalized spacial score (nSPS) is 15.5. The maximum absolute atomic E-state index is 4.44. The Hall–Kier alpha value is -5.40. The topological polar surface area (TPSA) is 3.24 Å². The molecule has 42 heavy (non-hydrogen) atoms. The number of benzene rings is 5. The van der Waals surface area contributed by atoms with Gasteiger partial charge < -0.3 is 4.90 Å². The van der Waals surface area contributed by atoms with Crippen LogP contribution in [0.5, 0.6) is 0 Å². The van der Waals surface area contributed by atoms with E-state index in [-0.39, 0.29) is 0 Å². The molecule has 0 unspecified atom stereocenters. The number of hydrogen-bond acceptors (Lipinski definition) is 1. The molecule has 1 aliphatic heterocycles. The van der Waals surface area contributed by atoms with E-state index in [9.17, 15) is 0 Å². The standard InChI is InChI=1S/C41H33N/c1-32-16-6-5-15-29-42(41-24-14-13-23-38(41)39(32)30-33-17-7-2-8-18-33)37-27-25-34(26-28-37)31-40(35-19-9-3-10-20-35)36-21-11-4-12-22-36/h2-28,30-31H,1,29H2/b15-5-,16-6-,39-30+. The van der Waals surface area contributed by atoms with Gasteiger partial charge >= 0.3 is 0 Å². The Labute approximate surface area is 249 Å². The van der Waals surface area contributed by atoms with Crippen molar-refractivity contribution in [3.8, 4) is 0 Å². The molecule has 5 aromatic rings. The zero-order valence-corrected chi connectivity index (χ0v) is 23.6. The number of rotatable bonds is 5. The Morgan fingerprint density at radius 2 is 1.19 bits per heavy atom. The second kappa shape index (κ2) is 12.8. The molecule has 0 aromatic heterocycles. The monoisotopic (exact) mass is 539 g/mol. The van der Waals surface area contributed by atoms with Crippen LogP contribution in [-0.4, -0.2) is 6.54 Å². The van der Waals surface area contributed by atoms with Gasteiger partial charge in [0, 0.05) is 23.5 Å². The van der Waals surface area contributed by atoms with Gasteiger partial charge in [0.25, 0.3) is 0 Å². The third-order valence-electron chi connectivity index (χ3n) is 7.46. The predicted octanol–water partition coefficient (Wildman–Crippen LogP) is 10.6. The van der Waals surface area contributed by atoms with Gasteiger partial charge in [-0.1, -0.05) is 152 Å². The zero-order valence-electron chi connectivity index (χ0n) is 23.6. The van der Waals surface area contributed by atoms with E-state index >= 15 is 0 Å². The van der Waals surface area contributed by atoms with E-state index in [0.717, 1.165) is 45.8 Å². The molecule has 1 heterocycles. The van der Waals surface area contributed by atoms with Crippen LogP contribution in [0.4, 0.5) is 11.4 Å². The minimum atomic E-state index is 0.751. The highest BCUT2D eigenvalue weighted by atomic mass is 15.1. The molecule has 0 spiro atoms. The lowest BCUT2D eigenvalue weighted by Gasteiger charge is -2.28. The van der Waals surface area contributed by atoms with E-state index in [2.05, 4.69) is 181 Å². The first-order chi connectivity index (χ1) is 20.8. The highest BCUT2D eigenvalue weighted by Crippen LogP contribution is 2.37. The quantitative estimate of drug-likeness (QED) is 0.201. The fourth-order valence-electron chi connectivity index (χ4n) is 5.33. The second-order valence-corrected chi connectivity index (χ2v) is 10.3. The fourth-order valence-corrected chi connectivity index (χ4v) is 5.33. The Kier molecular flexibility index (Phi) is 8.20. The largest absolute Gasteiger partial charge is 0.337 e.